The summed E-state index contributed by atoms with van der Waals surface area (Å²) >= 11 is 1.67. The summed E-state index contributed by atoms with van der Waals surface area (Å²) in [4.78, 5) is 0. The Morgan fingerprint density at radius 2 is 1.82 bits per heavy atom. The number of nitrogens with one attached hydrogen (secondary N) is 1. The van der Waals surface area contributed by atoms with E-state index >= 15 is 0 Å². The minimum atomic E-state index is 0.156. The molecule has 0 spiro atoms. The maximum absolute atomic E-state index is 5.19. The van der Waals surface area contributed by atoms with Gasteiger partial charge in [-0.1, -0.05) is 42.1 Å². The number of benzene rings is 2. The Bertz CT molecular complexity index is 786. The molecule has 1 aromatic heterocycles. The van der Waals surface area contributed by atoms with Crippen LogP contribution in [-0.4, -0.2) is 22.0 Å². The van der Waals surface area contributed by atoms with E-state index < -0.39 is 0 Å². The van der Waals surface area contributed by atoms with Crippen molar-refractivity contribution in [2.75, 3.05) is 12.5 Å². The van der Waals surface area contributed by atoms with Gasteiger partial charge in [-0.15, -0.1) is 10.2 Å². The van der Waals surface area contributed by atoms with Gasteiger partial charge in [-0.05, 0) is 29.8 Å². The molecule has 1 atom stereocenters. The molecule has 1 N–H and O–H groups in total. The van der Waals surface area contributed by atoms with Crippen molar-refractivity contribution in [3.63, 3.8) is 0 Å². The fraction of sp³-hybridized carbons (Fsp3) is 0.125. The quantitative estimate of drug-likeness (QED) is 0.804. The van der Waals surface area contributed by atoms with Crippen molar-refractivity contribution in [1.82, 2.24) is 14.9 Å². The SMILES string of the molecule is COc1ccc(-c2nnc3n2N[C@@H](c2ccccc2)S3)cc1. The molecule has 2 heterocycles. The van der Waals surface area contributed by atoms with Gasteiger partial charge in [-0.2, -0.15) is 0 Å². The number of methoxy groups -OCH3 is 1. The maximum Gasteiger partial charge on any atom is 0.212 e. The van der Waals surface area contributed by atoms with Crippen LogP contribution < -0.4 is 10.2 Å². The molecule has 0 amide bonds. The lowest BCUT2D eigenvalue weighted by atomic mass is 10.2. The van der Waals surface area contributed by atoms with Crippen molar-refractivity contribution < 1.29 is 4.74 Å². The first kappa shape index (κ1) is 13.2. The molecule has 0 saturated heterocycles. The normalized spacial score (nSPS) is 16.1. The van der Waals surface area contributed by atoms with Crippen LogP contribution in [-0.2, 0) is 0 Å². The third-order valence-electron chi connectivity index (χ3n) is 3.55. The van der Waals surface area contributed by atoms with Crippen LogP contribution in [0.15, 0.2) is 59.8 Å². The van der Waals surface area contributed by atoms with Crippen molar-refractivity contribution in [2.24, 2.45) is 0 Å². The van der Waals surface area contributed by atoms with Gasteiger partial charge in [0.05, 0.1) is 7.11 Å². The molecule has 6 heteroatoms. The van der Waals surface area contributed by atoms with E-state index in [1.165, 1.54) is 5.56 Å². The van der Waals surface area contributed by atoms with Gasteiger partial charge in [0.1, 0.15) is 11.1 Å². The zero-order valence-electron chi connectivity index (χ0n) is 11.9. The molecule has 3 aromatic rings. The van der Waals surface area contributed by atoms with Gasteiger partial charge in [-0.25, -0.2) is 4.68 Å². The maximum atomic E-state index is 5.19. The van der Waals surface area contributed by atoms with Crippen LogP contribution in [0.2, 0.25) is 0 Å². The van der Waals surface area contributed by atoms with Gasteiger partial charge in [-0.3, -0.25) is 0 Å². The summed E-state index contributed by atoms with van der Waals surface area (Å²) in [6.07, 6.45) is 0. The molecule has 0 radical (unpaired) electrons. The number of hydrogen-bond donors (Lipinski definition) is 1. The lowest BCUT2D eigenvalue weighted by Gasteiger charge is -2.12. The number of fused-ring (bicyclic) bond motifs is 1. The molecule has 2 aromatic carbocycles. The van der Waals surface area contributed by atoms with Crippen LogP contribution in [0.4, 0.5) is 0 Å². The first-order chi connectivity index (χ1) is 10.8. The summed E-state index contributed by atoms with van der Waals surface area (Å²) < 4.78 is 7.14. The molecule has 0 aliphatic carbocycles. The third kappa shape index (κ3) is 2.21. The highest BCUT2D eigenvalue weighted by atomic mass is 32.2. The Labute approximate surface area is 132 Å². The average Bonchev–Trinajstić information content (AvgIpc) is 3.16. The number of ether oxygens (including phenoxy) is 1. The fourth-order valence-corrected chi connectivity index (χ4v) is 3.40. The van der Waals surface area contributed by atoms with Gasteiger partial charge >= 0.3 is 0 Å². The molecule has 22 heavy (non-hydrogen) atoms. The minimum Gasteiger partial charge on any atom is -0.497 e. The highest BCUT2D eigenvalue weighted by molar-refractivity contribution is 7.99. The second-order valence-electron chi connectivity index (χ2n) is 4.91. The summed E-state index contributed by atoms with van der Waals surface area (Å²) in [7, 11) is 1.66. The van der Waals surface area contributed by atoms with E-state index in [1.807, 2.05) is 47.1 Å². The third-order valence-corrected chi connectivity index (χ3v) is 4.64. The van der Waals surface area contributed by atoms with Crippen LogP contribution in [0.3, 0.4) is 0 Å². The summed E-state index contributed by atoms with van der Waals surface area (Å²) in [6, 6.07) is 18.1. The molecule has 4 rings (SSSR count). The average molecular weight is 310 g/mol. The van der Waals surface area contributed by atoms with Gasteiger partial charge in [0.2, 0.25) is 5.16 Å². The monoisotopic (exact) mass is 310 g/mol. The van der Waals surface area contributed by atoms with Crippen LogP contribution in [0.5, 0.6) is 5.75 Å². The molecule has 0 saturated carbocycles. The first-order valence-electron chi connectivity index (χ1n) is 6.93. The van der Waals surface area contributed by atoms with Crippen LogP contribution >= 0.6 is 11.8 Å². The molecule has 0 unspecified atom stereocenters. The van der Waals surface area contributed by atoms with Gasteiger partial charge in [0.15, 0.2) is 5.82 Å². The highest BCUT2D eigenvalue weighted by Gasteiger charge is 2.27. The topological polar surface area (TPSA) is 52.0 Å². The number of thioether (sulfide) groups is 1. The molecular formula is C16H14N4OS. The number of rotatable bonds is 3. The lowest BCUT2D eigenvalue weighted by Crippen LogP contribution is -2.13. The van der Waals surface area contributed by atoms with Crippen molar-refractivity contribution in [1.29, 1.82) is 0 Å². The van der Waals surface area contributed by atoms with Crippen LogP contribution in [0.1, 0.15) is 10.9 Å². The zero-order valence-corrected chi connectivity index (χ0v) is 12.7. The molecule has 1 aliphatic rings. The van der Waals surface area contributed by atoms with E-state index in [0.717, 1.165) is 22.3 Å². The standard InChI is InChI=1S/C16H14N4OS/c1-21-13-9-7-11(8-10-13)14-17-18-16-20(14)19-15(22-16)12-5-3-2-4-6-12/h2-10,15,19H,1H3/t15-/m1/s1. The van der Waals surface area contributed by atoms with Gasteiger partial charge < -0.3 is 10.2 Å². The fourth-order valence-electron chi connectivity index (χ4n) is 2.41. The molecule has 0 fully saturated rings. The molecular weight excluding hydrogens is 296 g/mol. The molecule has 110 valence electrons. The summed E-state index contributed by atoms with van der Waals surface area (Å²) in [5, 5.41) is 9.58. The van der Waals surface area contributed by atoms with E-state index in [0.29, 0.717) is 0 Å². The summed E-state index contributed by atoms with van der Waals surface area (Å²) in [6.45, 7) is 0. The predicted molar refractivity (Wildman–Crippen MR) is 86.4 cm³/mol. The van der Waals surface area contributed by atoms with Crippen molar-refractivity contribution >= 4 is 11.8 Å². The van der Waals surface area contributed by atoms with Crippen molar-refractivity contribution in [3.8, 4) is 17.1 Å². The van der Waals surface area contributed by atoms with E-state index in [2.05, 4.69) is 27.8 Å². The van der Waals surface area contributed by atoms with Gasteiger partial charge in [0, 0.05) is 5.56 Å². The van der Waals surface area contributed by atoms with Crippen LogP contribution in [0.25, 0.3) is 11.4 Å². The van der Waals surface area contributed by atoms with Crippen molar-refractivity contribution in [3.05, 3.63) is 60.2 Å². The van der Waals surface area contributed by atoms with E-state index in [9.17, 15) is 0 Å². The predicted octanol–water partition coefficient (Wildman–Crippen LogP) is 3.30. The zero-order chi connectivity index (χ0) is 14.9. The number of nitrogens with zero attached hydrogens (tertiary/aromatic N) is 3. The summed E-state index contributed by atoms with van der Waals surface area (Å²) in [5.41, 5.74) is 5.67. The second-order valence-corrected chi connectivity index (χ2v) is 5.98. The smallest absolute Gasteiger partial charge is 0.212 e. The van der Waals surface area contributed by atoms with Crippen molar-refractivity contribution in [2.45, 2.75) is 10.5 Å². The van der Waals surface area contributed by atoms with E-state index in [1.54, 1.807) is 18.9 Å². The summed E-state index contributed by atoms with van der Waals surface area (Å²) in [5.74, 6) is 1.64. The van der Waals surface area contributed by atoms with Gasteiger partial charge in [0.25, 0.3) is 0 Å². The minimum absolute atomic E-state index is 0.156. The largest absolute Gasteiger partial charge is 0.497 e. The Hall–Kier alpha value is -2.47. The molecule has 5 nitrogen and oxygen atoms in total. The Kier molecular flexibility index (Phi) is 3.23. The lowest BCUT2D eigenvalue weighted by molar-refractivity contribution is 0.415. The molecule has 1 aliphatic heterocycles. The van der Waals surface area contributed by atoms with E-state index in [4.69, 9.17) is 4.74 Å². The number of aromatic nitrogens is 3. The highest BCUT2D eigenvalue weighted by Crippen LogP contribution is 2.40. The van der Waals surface area contributed by atoms with Crippen LogP contribution in [0, 0.1) is 0 Å². The Balaban J connectivity index is 1.64. The first-order valence-corrected chi connectivity index (χ1v) is 7.81. The second kappa shape index (κ2) is 5.38. The molecule has 0 bridgehead atoms. The Morgan fingerprint density at radius 1 is 1.05 bits per heavy atom. The number of hydrogen-bond acceptors (Lipinski definition) is 5. The Morgan fingerprint density at radius 3 is 2.55 bits per heavy atom. The van der Waals surface area contributed by atoms with E-state index in [-0.39, 0.29) is 5.37 Å².